The Labute approximate surface area is 255 Å². The average Bonchev–Trinajstić information content (AvgIpc) is 3.51. The van der Waals surface area contributed by atoms with Gasteiger partial charge in [-0.2, -0.15) is 20.3 Å². The zero-order chi connectivity index (χ0) is 30.3. The number of rotatable bonds is 8. The molecule has 4 heterocycles. The van der Waals surface area contributed by atoms with Crippen molar-refractivity contribution in [2.45, 2.75) is 12.5 Å². The van der Waals surface area contributed by atoms with Crippen LogP contribution in [0.2, 0.25) is 0 Å². The molecule has 44 heavy (non-hydrogen) atoms. The van der Waals surface area contributed by atoms with E-state index < -0.39 is 0 Å². The lowest BCUT2D eigenvalue weighted by Gasteiger charge is -2.43. The van der Waals surface area contributed by atoms with Crippen LogP contribution in [-0.4, -0.2) is 102 Å². The van der Waals surface area contributed by atoms with Gasteiger partial charge in [0, 0.05) is 69.0 Å². The van der Waals surface area contributed by atoms with Crippen molar-refractivity contribution in [1.29, 1.82) is 5.26 Å². The van der Waals surface area contributed by atoms with E-state index in [9.17, 15) is 5.26 Å². The standard InChI is InChI=1S/C31H33N11O2/c1-33-29(23-3-8-28(24(15-23)16-32)44-14-9-22-17-35-31-36-21-37-42(31)18-22)39-30(34-2)38-25-4-6-26(7-5-25)40-10-12-41(13-11-40)27-19-43-20-27/h3-8,15,17-18,21,27H,1,9-14,19-20H2,2H3,(H,34,38)/b39-29-. The van der Waals surface area contributed by atoms with Gasteiger partial charge in [0.25, 0.3) is 5.78 Å². The van der Waals surface area contributed by atoms with Gasteiger partial charge in [0.1, 0.15) is 18.1 Å². The van der Waals surface area contributed by atoms with Gasteiger partial charge in [0.2, 0.25) is 5.96 Å². The first-order valence-electron chi connectivity index (χ1n) is 14.4. The normalized spacial score (nSPS) is 16.4. The number of benzene rings is 2. The van der Waals surface area contributed by atoms with Crippen LogP contribution in [0.25, 0.3) is 5.78 Å². The Morgan fingerprint density at radius 3 is 2.66 bits per heavy atom. The monoisotopic (exact) mass is 591 g/mol. The zero-order valence-electron chi connectivity index (χ0n) is 24.5. The third kappa shape index (κ3) is 6.56. The number of nitriles is 1. The molecule has 0 unspecified atom stereocenters. The SMILES string of the molecule is C=N/C(=N\C(=N/C)Nc1ccc(N2CCN(C3COC3)CC2)cc1)c1ccc(OCCc2cnc3ncnn3c2)c(C#N)c1. The van der Waals surface area contributed by atoms with Crippen molar-refractivity contribution in [1.82, 2.24) is 24.5 Å². The van der Waals surface area contributed by atoms with E-state index in [1.54, 1.807) is 36.0 Å². The lowest BCUT2D eigenvalue weighted by Crippen LogP contribution is -2.56. The van der Waals surface area contributed by atoms with Gasteiger partial charge in [-0.05, 0) is 54.7 Å². The number of amidine groups is 1. The number of aliphatic imine (C=N–C) groups is 3. The van der Waals surface area contributed by atoms with Crippen molar-refractivity contribution >= 4 is 35.7 Å². The van der Waals surface area contributed by atoms with Crippen molar-refractivity contribution in [3.63, 3.8) is 0 Å². The number of nitrogens with one attached hydrogen (secondary N) is 1. The number of anilines is 2. The maximum Gasteiger partial charge on any atom is 0.252 e. The molecule has 0 saturated carbocycles. The Hall–Kier alpha value is -5.19. The van der Waals surface area contributed by atoms with E-state index in [0.29, 0.717) is 53.5 Å². The van der Waals surface area contributed by atoms with Crippen LogP contribution in [0, 0.1) is 11.3 Å². The van der Waals surface area contributed by atoms with Crippen LogP contribution in [-0.2, 0) is 11.2 Å². The zero-order valence-corrected chi connectivity index (χ0v) is 24.5. The van der Waals surface area contributed by atoms with Crippen LogP contribution in [0.5, 0.6) is 5.75 Å². The first kappa shape index (κ1) is 28.9. The first-order chi connectivity index (χ1) is 21.6. The summed E-state index contributed by atoms with van der Waals surface area (Å²) in [6.07, 6.45) is 5.64. The Bertz CT molecular complexity index is 1710. The van der Waals surface area contributed by atoms with Crippen LogP contribution < -0.4 is 15.0 Å². The number of piperazine rings is 1. The number of hydrogen-bond donors (Lipinski definition) is 1. The second kappa shape index (κ2) is 13.4. The lowest BCUT2D eigenvalue weighted by molar-refractivity contribution is -0.0660. The highest BCUT2D eigenvalue weighted by molar-refractivity contribution is 6.10. The molecule has 4 aromatic rings. The maximum atomic E-state index is 9.81. The molecule has 0 amide bonds. The van der Waals surface area contributed by atoms with Gasteiger partial charge in [0.15, 0.2) is 5.84 Å². The second-order valence-electron chi connectivity index (χ2n) is 10.4. The highest BCUT2D eigenvalue weighted by atomic mass is 16.5. The first-order valence-corrected chi connectivity index (χ1v) is 14.4. The van der Waals surface area contributed by atoms with Crippen molar-refractivity contribution in [2.24, 2.45) is 15.0 Å². The average molecular weight is 592 g/mol. The Kier molecular flexibility index (Phi) is 8.81. The van der Waals surface area contributed by atoms with E-state index in [-0.39, 0.29) is 0 Å². The van der Waals surface area contributed by atoms with Gasteiger partial charge in [-0.15, -0.1) is 0 Å². The molecular formula is C31H33N11O2. The topological polar surface area (TPSA) is 141 Å². The number of nitrogens with zero attached hydrogens (tertiary/aromatic N) is 10. The van der Waals surface area contributed by atoms with Crippen LogP contribution in [0.1, 0.15) is 16.7 Å². The van der Waals surface area contributed by atoms with Gasteiger partial charge < -0.3 is 19.7 Å². The van der Waals surface area contributed by atoms with E-state index in [4.69, 9.17) is 9.47 Å². The summed E-state index contributed by atoms with van der Waals surface area (Å²) in [5, 5.41) is 17.2. The second-order valence-corrected chi connectivity index (χ2v) is 10.4. The summed E-state index contributed by atoms with van der Waals surface area (Å²) in [5.74, 6) is 1.71. The fourth-order valence-corrected chi connectivity index (χ4v) is 5.14. The van der Waals surface area contributed by atoms with Crippen molar-refractivity contribution in [2.75, 3.05) is 63.3 Å². The number of ether oxygens (including phenoxy) is 2. The summed E-state index contributed by atoms with van der Waals surface area (Å²) in [4.78, 5) is 26.2. The minimum Gasteiger partial charge on any atom is -0.492 e. The van der Waals surface area contributed by atoms with Crippen LogP contribution in [0.3, 0.4) is 0 Å². The maximum absolute atomic E-state index is 9.81. The molecule has 0 radical (unpaired) electrons. The summed E-state index contributed by atoms with van der Waals surface area (Å²) in [6, 6.07) is 16.3. The summed E-state index contributed by atoms with van der Waals surface area (Å²) in [5.41, 5.74) is 3.97. The molecule has 2 aliphatic rings. The third-order valence-electron chi connectivity index (χ3n) is 7.71. The van der Waals surface area contributed by atoms with E-state index in [2.05, 4.69) is 70.1 Å². The molecule has 2 saturated heterocycles. The fourth-order valence-electron chi connectivity index (χ4n) is 5.14. The van der Waals surface area contributed by atoms with E-state index in [0.717, 1.165) is 50.6 Å². The van der Waals surface area contributed by atoms with Crippen molar-refractivity contribution in [3.05, 3.63) is 77.9 Å². The minimum absolute atomic E-state index is 0.333. The molecule has 0 atom stereocenters. The largest absolute Gasteiger partial charge is 0.492 e. The van der Waals surface area contributed by atoms with Crippen LogP contribution >= 0.6 is 0 Å². The smallest absolute Gasteiger partial charge is 0.252 e. The van der Waals surface area contributed by atoms with Crippen molar-refractivity contribution < 1.29 is 9.47 Å². The molecule has 6 rings (SSSR count). The highest BCUT2D eigenvalue weighted by Crippen LogP contribution is 2.23. The van der Waals surface area contributed by atoms with Crippen LogP contribution in [0.15, 0.2) is 76.2 Å². The molecule has 0 bridgehead atoms. The molecule has 13 heteroatoms. The summed E-state index contributed by atoms with van der Waals surface area (Å²) in [7, 11) is 1.65. The molecule has 2 fully saturated rings. The predicted molar refractivity (Wildman–Crippen MR) is 169 cm³/mol. The van der Waals surface area contributed by atoms with Gasteiger partial charge in [0.05, 0.1) is 31.4 Å². The molecule has 2 aromatic heterocycles. The number of guanidine groups is 1. The van der Waals surface area contributed by atoms with Crippen LogP contribution in [0.4, 0.5) is 11.4 Å². The summed E-state index contributed by atoms with van der Waals surface area (Å²) in [6.45, 7) is 9.85. The molecule has 0 aliphatic carbocycles. The quantitative estimate of drug-likeness (QED) is 0.242. The lowest BCUT2D eigenvalue weighted by atomic mass is 10.1. The van der Waals surface area contributed by atoms with Gasteiger partial charge in [-0.25, -0.2) is 14.5 Å². The Morgan fingerprint density at radius 1 is 1.14 bits per heavy atom. The molecule has 224 valence electrons. The highest BCUT2D eigenvalue weighted by Gasteiger charge is 2.28. The molecule has 1 N–H and O–H groups in total. The summed E-state index contributed by atoms with van der Waals surface area (Å²) >= 11 is 0. The van der Waals surface area contributed by atoms with E-state index in [1.165, 1.54) is 12.0 Å². The molecule has 2 aromatic carbocycles. The molecule has 13 nitrogen and oxygen atoms in total. The number of fused-ring (bicyclic) bond motifs is 1. The molecule has 2 aliphatic heterocycles. The fraction of sp³-hybridized carbons (Fsp3) is 0.323. The van der Waals surface area contributed by atoms with Crippen molar-refractivity contribution in [3.8, 4) is 11.8 Å². The number of aromatic nitrogens is 4. The summed E-state index contributed by atoms with van der Waals surface area (Å²) < 4.78 is 12.9. The third-order valence-corrected chi connectivity index (χ3v) is 7.71. The predicted octanol–water partition coefficient (Wildman–Crippen LogP) is 2.68. The van der Waals surface area contributed by atoms with Gasteiger partial charge >= 0.3 is 0 Å². The Morgan fingerprint density at radius 2 is 1.95 bits per heavy atom. The van der Waals surface area contributed by atoms with Gasteiger partial charge in [-0.1, -0.05) is 0 Å². The molecule has 0 spiro atoms. The number of hydrogen-bond acceptors (Lipinski definition) is 9. The Balaban J connectivity index is 1.07. The van der Waals surface area contributed by atoms with Gasteiger partial charge in [-0.3, -0.25) is 9.89 Å². The molecular weight excluding hydrogens is 558 g/mol. The van der Waals surface area contributed by atoms with E-state index >= 15 is 0 Å². The van der Waals surface area contributed by atoms with E-state index in [1.807, 2.05) is 18.3 Å². The minimum atomic E-state index is 0.333.